The van der Waals surface area contributed by atoms with Crippen LogP contribution in [0.2, 0.25) is 5.02 Å². The Bertz CT molecular complexity index is 3770. The van der Waals surface area contributed by atoms with Gasteiger partial charge < -0.3 is 25.8 Å². The van der Waals surface area contributed by atoms with Crippen molar-refractivity contribution >= 4 is 68.3 Å². The third kappa shape index (κ3) is 11.8. The number of esters is 1. The standard InChI is InChI=1S/C36H33ClF2N6O6S.C15H10F2N4O3/c1-19-21-12-14-27(23(21)11-10-22(19)35(48)51-36(2,3)4)43-34(47)30-16-29(33(46)40-17-20-9-13-25(38)26(39)15-20)42-32-31(18-41-45(30)32)52(49,50)44-28-8-6-5-7-24(28)37;16-9-2-1-8(5-10(9)17)7-18-14(22)11-6-12(15(23)24)21-13(20-11)3-4-19-21/h5-11,13,15-16,18,27,44H,12,14,17H2,1-4H3,(H,40,46)(H,43,47);1-6H,7H2,(H,18,22)(H,23,24)/t27-;/m0./s1. The highest BCUT2D eigenvalue weighted by Crippen LogP contribution is 2.36. The molecule has 0 saturated carbocycles. The minimum Gasteiger partial charge on any atom is -0.477 e. The molecule has 25 heteroatoms. The van der Waals surface area contributed by atoms with Crippen LogP contribution in [0.15, 0.2) is 108 Å². The molecule has 19 nitrogen and oxygen atoms in total. The first kappa shape index (κ1) is 53.5. The van der Waals surface area contributed by atoms with Crippen molar-refractivity contribution in [1.82, 2.24) is 45.1 Å². The lowest BCUT2D eigenvalue weighted by atomic mass is 9.97. The summed E-state index contributed by atoms with van der Waals surface area (Å²) in [7, 11) is -4.42. The van der Waals surface area contributed by atoms with Gasteiger partial charge in [-0.2, -0.15) is 10.2 Å². The molecule has 3 amide bonds. The van der Waals surface area contributed by atoms with Crippen LogP contribution in [0, 0.1) is 30.2 Å². The molecule has 0 unspecified atom stereocenters. The summed E-state index contributed by atoms with van der Waals surface area (Å²) in [6, 6.07) is 19.1. The van der Waals surface area contributed by atoms with Crippen LogP contribution in [0.3, 0.4) is 0 Å². The van der Waals surface area contributed by atoms with Crippen LogP contribution in [-0.2, 0) is 34.3 Å². The van der Waals surface area contributed by atoms with E-state index >= 15 is 0 Å². The number of hydrogen-bond acceptors (Lipinski definition) is 12. The molecule has 9 rings (SSSR count). The fourth-order valence-electron chi connectivity index (χ4n) is 8.00. The summed E-state index contributed by atoms with van der Waals surface area (Å²) in [6.07, 6.45) is 3.41. The van der Waals surface area contributed by atoms with Crippen LogP contribution in [0.1, 0.15) is 113 Å². The molecule has 0 aliphatic heterocycles. The lowest BCUT2D eigenvalue weighted by Gasteiger charge is -2.21. The van der Waals surface area contributed by atoms with Crippen LogP contribution in [-0.4, -0.2) is 78.0 Å². The molecule has 1 atom stereocenters. The van der Waals surface area contributed by atoms with Crippen molar-refractivity contribution in [3.05, 3.63) is 188 Å². The van der Waals surface area contributed by atoms with E-state index in [0.29, 0.717) is 24.0 Å². The van der Waals surface area contributed by atoms with E-state index in [1.54, 1.807) is 45.0 Å². The van der Waals surface area contributed by atoms with E-state index in [9.17, 15) is 55.1 Å². The number of benzene rings is 4. The second-order valence-corrected chi connectivity index (χ2v) is 20.1. The number of aromatic carboxylic acids is 1. The number of aromatic nitrogens is 6. The van der Waals surface area contributed by atoms with Crippen LogP contribution in [0.4, 0.5) is 23.2 Å². The Labute approximate surface area is 434 Å². The number of fused-ring (bicyclic) bond motifs is 3. The van der Waals surface area contributed by atoms with Crippen molar-refractivity contribution in [3.63, 3.8) is 0 Å². The van der Waals surface area contributed by atoms with Gasteiger partial charge in [0, 0.05) is 31.3 Å². The number of carbonyl (C=O) groups is 5. The number of nitrogens with one attached hydrogen (secondary N) is 4. The van der Waals surface area contributed by atoms with Gasteiger partial charge in [-0.15, -0.1) is 0 Å². The van der Waals surface area contributed by atoms with Crippen molar-refractivity contribution in [2.75, 3.05) is 4.72 Å². The molecule has 4 heterocycles. The molecular formula is C51H43ClF4N10O9S. The molecule has 0 spiro atoms. The zero-order chi connectivity index (χ0) is 54.8. The van der Waals surface area contributed by atoms with E-state index in [4.69, 9.17) is 16.3 Å². The summed E-state index contributed by atoms with van der Waals surface area (Å²) in [5, 5.41) is 25.2. The molecule has 1 aliphatic rings. The van der Waals surface area contributed by atoms with Crippen LogP contribution in [0.5, 0.6) is 0 Å². The Morgan fingerprint density at radius 2 is 1.38 bits per heavy atom. The molecule has 0 bridgehead atoms. The first-order valence-electron chi connectivity index (χ1n) is 22.8. The molecule has 0 radical (unpaired) electrons. The maximum atomic E-state index is 14.0. The van der Waals surface area contributed by atoms with Gasteiger partial charge in [0.1, 0.15) is 22.7 Å². The number of para-hydroxylation sites is 1. The molecule has 392 valence electrons. The fraction of sp³-hybridized carbons (Fsp3) is 0.196. The number of hydrogen-bond donors (Lipinski definition) is 5. The molecule has 76 heavy (non-hydrogen) atoms. The van der Waals surface area contributed by atoms with Gasteiger partial charge in [-0.3, -0.25) is 19.1 Å². The van der Waals surface area contributed by atoms with E-state index < -0.39 is 79.5 Å². The van der Waals surface area contributed by atoms with E-state index in [0.717, 1.165) is 68.3 Å². The Balaban J connectivity index is 0.000000265. The predicted octanol–water partition coefficient (Wildman–Crippen LogP) is 7.71. The number of rotatable bonds is 13. The summed E-state index contributed by atoms with van der Waals surface area (Å²) in [5.74, 6) is -8.05. The van der Waals surface area contributed by atoms with E-state index in [-0.39, 0.29) is 63.4 Å². The summed E-state index contributed by atoms with van der Waals surface area (Å²) in [5.41, 5.74) is 1.80. The third-order valence-electron chi connectivity index (χ3n) is 11.6. The predicted molar refractivity (Wildman–Crippen MR) is 265 cm³/mol. The van der Waals surface area contributed by atoms with E-state index in [1.807, 2.05) is 6.92 Å². The zero-order valence-electron chi connectivity index (χ0n) is 40.4. The first-order valence-corrected chi connectivity index (χ1v) is 24.7. The van der Waals surface area contributed by atoms with E-state index in [2.05, 4.69) is 40.8 Å². The molecule has 4 aromatic heterocycles. The van der Waals surface area contributed by atoms with Crippen molar-refractivity contribution in [1.29, 1.82) is 0 Å². The zero-order valence-corrected chi connectivity index (χ0v) is 42.0. The number of ether oxygens (including phenoxy) is 1. The number of halogens is 5. The lowest BCUT2D eigenvalue weighted by Crippen LogP contribution is -2.31. The minimum atomic E-state index is -4.42. The molecule has 1 aliphatic carbocycles. The van der Waals surface area contributed by atoms with Gasteiger partial charge >= 0.3 is 11.9 Å². The van der Waals surface area contributed by atoms with Gasteiger partial charge in [-0.05, 0) is 111 Å². The summed E-state index contributed by atoms with van der Waals surface area (Å²) in [6.45, 7) is 6.87. The van der Waals surface area contributed by atoms with Crippen LogP contribution in [0.25, 0.3) is 11.3 Å². The summed E-state index contributed by atoms with van der Waals surface area (Å²) in [4.78, 5) is 71.5. The van der Waals surface area contributed by atoms with Crippen molar-refractivity contribution in [3.8, 4) is 0 Å². The number of carbonyl (C=O) groups excluding carboxylic acids is 4. The number of anilines is 1. The number of carboxylic acids is 1. The average molecular weight is 1080 g/mol. The van der Waals surface area contributed by atoms with Crippen molar-refractivity contribution in [2.45, 2.75) is 70.2 Å². The number of carboxylic acid groups (broad SMARTS) is 1. The fourth-order valence-corrected chi connectivity index (χ4v) is 9.37. The number of sulfonamides is 1. The lowest BCUT2D eigenvalue weighted by molar-refractivity contribution is 0.00679. The highest BCUT2D eigenvalue weighted by Gasteiger charge is 2.32. The largest absolute Gasteiger partial charge is 0.477 e. The second kappa shape index (κ2) is 21.6. The van der Waals surface area contributed by atoms with Crippen LogP contribution < -0.4 is 20.7 Å². The monoisotopic (exact) mass is 1080 g/mol. The number of nitrogens with zero attached hydrogens (tertiary/aromatic N) is 6. The van der Waals surface area contributed by atoms with Gasteiger partial charge in [-0.1, -0.05) is 41.9 Å². The van der Waals surface area contributed by atoms with E-state index in [1.165, 1.54) is 36.5 Å². The highest BCUT2D eigenvalue weighted by atomic mass is 35.5. The molecule has 4 aromatic carbocycles. The second-order valence-electron chi connectivity index (χ2n) is 18.0. The molecule has 0 fully saturated rings. The Morgan fingerprint density at radius 3 is 1.99 bits per heavy atom. The smallest absolute Gasteiger partial charge is 0.354 e. The molecule has 5 N–H and O–H groups in total. The summed E-state index contributed by atoms with van der Waals surface area (Å²) >= 11 is 6.19. The minimum absolute atomic E-state index is 0.0649. The average Bonchev–Trinajstić information content (AvgIpc) is 4.16. The molecule has 8 aromatic rings. The van der Waals surface area contributed by atoms with Crippen molar-refractivity contribution in [2.24, 2.45) is 0 Å². The molecule has 0 saturated heterocycles. The SMILES string of the molecule is Cc1c(C(=O)OC(C)(C)C)ccc2c1CC[C@@H]2NC(=O)c1cc(C(=O)NCc2ccc(F)c(F)c2)nc2c(S(=O)(=O)Nc3ccccc3Cl)cnn12.O=C(NCc1ccc(F)c(F)c1)c1cc(C(=O)O)n2nccc2n1. The topological polar surface area (TPSA) is 257 Å². The third-order valence-corrected chi connectivity index (χ3v) is 13.3. The first-order chi connectivity index (χ1) is 36.0. The summed E-state index contributed by atoms with van der Waals surface area (Å²) < 4.78 is 90.5. The van der Waals surface area contributed by atoms with Gasteiger partial charge in [0.15, 0.2) is 45.2 Å². The molecular weight excluding hydrogens is 1040 g/mol. The Kier molecular flexibility index (Phi) is 15.2. The quantitative estimate of drug-likeness (QED) is 0.0548. The Morgan fingerprint density at radius 1 is 0.763 bits per heavy atom. The van der Waals surface area contributed by atoms with Gasteiger partial charge in [0.25, 0.3) is 27.7 Å². The van der Waals surface area contributed by atoms with Crippen LogP contribution >= 0.6 is 11.6 Å². The maximum Gasteiger partial charge on any atom is 0.354 e. The normalized spacial score (nSPS) is 13.1. The van der Waals surface area contributed by atoms with Gasteiger partial charge in [0.2, 0.25) is 0 Å². The van der Waals surface area contributed by atoms with Gasteiger partial charge in [-0.25, -0.2) is 54.6 Å². The highest BCUT2D eigenvalue weighted by molar-refractivity contribution is 7.93. The maximum absolute atomic E-state index is 14.0. The van der Waals surface area contributed by atoms with Crippen molar-refractivity contribution < 1.29 is 59.8 Å². The van der Waals surface area contributed by atoms with Gasteiger partial charge in [0.05, 0.1) is 34.7 Å². The number of amides is 3. The Hall–Kier alpha value is -8.77.